The minimum absolute atomic E-state index is 0.0702. The van der Waals surface area contributed by atoms with Crippen molar-refractivity contribution in [2.45, 2.75) is 65.8 Å². The molecule has 0 aromatic carbocycles. The summed E-state index contributed by atoms with van der Waals surface area (Å²) in [7, 11) is 0. The highest BCUT2D eigenvalue weighted by Gasteiger charge is 2.53. The van der Waals surface area contributed by atoms with Crippen LogP contribution in [0.4, 0.5) is 0 Å². The molecule has 276 valence electrons. The van der Waals surface area contributed by atoms with Crippen LogP contribution in [0, 0.1) is 25.2 Å². The monoisotopic (exact) mass is 720 g/mol. The topological polar surface area (TPSA) is 205 Å². The van der Waals surface area contributed by atoms with Crippen molar-refractivity contribution < 1.29 is 39.6 Å². The smallest absolute Gasteiger partial charge is 0.303 e. The van der Waals surface area contributed by atoms with Gasteiger partial charge in [-0.1, -0.05) is 24.8 Å². The Morgan fingerprint density at radius 1 is 0.925 bits per heavy atom. The molecule has 0 radical (unpaired) electrons. The Labute approximate surface area is 306 Å². The Bertz CT molecular complexity index is 2290. The first-order chi connectivity index (χ1) is 25.3. The van der Waals surface area contributed by atoms with Crippen LogP contribution in [0.15, 0.2) is 62.8 Å². The van der Waals surface area contributed by atoms with Gasteiger partial charge in [0.15, 0.2) is 17.3 Å². The molecule has 53 heavy (non-hydrogen) atoms. The number of aliphatic hydroxyl groups excluding tert-OH is 3. The molecule has 12 nitrogen and oxygen atoms in total. The molecule has 4 aliphatic rings. The van der Waals surface area contributed by atoms with E-state index in [1.54, 1.807) is 25.2 Å². The number of rotatable bonds is 12. The lowest BCUT2D eigenvalue weighted by Gasteiger charge is -2.38. The molecule has 12 heteroatoms. The van der Waals surface area contributed by atoms with Gasteiger partial charge in [-0.15, -0.1) is 0 Å². The van der Waals surface area contributed by atoms with E-state index < -0.39 is 54.7 Å². The van der Waals surface area contributed by atoms with Gasteiger partial charge in [-0.3, -0.25) is 29.2 Å². The van der Waals surface area contributed by atoms with E-state index in [1.807, 2.05) is 32.9 Å². The Morgan fingerprint density at radius 2 is 1.68 bits per heavy atom. The van der Waals surface area contributed by atoms with E-state index >= 15 is 0 Å². The fraction of sp³-hybridized carbons (Fsp3) is 0.366. The Morgan fingerprint density at radius 3 is 2.34 bits per heavy atom. The lowest BCUT2D eigenvalue weighted by molar-refractivity contribution is -0.137. The molecule has 0 saturated heterocycles. The van der Waals surface area contributed by atoms with E-state index in [1.165, 1.54) is 6.08 Å². The van der Waals surface area contributed by atoms with Crippen LogP contribution < -0.4 is 10.7 Å². The molecule has 2 aromatic heterocycles. The molecule has 0 saturated carbocycles. The number of H-pyrrole nitrogens is 2. The number of allylic oxidation sites excluding steroid dienone is 5. The van der Waals surface area contributed by atoms with Crippen LogP contribution in [0.2, 0.25) is 0 Å². The molecular weight excluding hydrogens is 676 g/mol. The van der Waals surface area contributed by atoms with E-state index in [-0.39, 0.29) is 24.2 Å². The second-order valence-corrected chi connectivity index (χ2v) is 14.1. The number of hydrogen-bond acceptors (Lipinski definition) is 9. The molecule has 6 rings (SSSR count). The quantitative estimate of drug-likeness (QED) is 0.191. The highest BCUT2D eigenvalue weighted by Crippen LogP contribution is 2.54. The van der Waals surface area contributed by atoms with Gasteiger partial charge in [0.2, 0.25) is 0 Å². The minimum atomic E-state index is -1.24. The zero-order valence-corrected chi connectivity index (χ0v) is 30.3. The fourth-order valence-corrected chi connectivity index (χ4v) is 8.24. The standard InChI is InChI=1S/C41H44N4O8/c1-6-24-20(2)30-14-35-28-11-9-27(36(50)18-47)40(37(51)19-48)41(28,5)38(45-35)16-31-22(4)25(8-7-23(49)17-46)33(44-31)15-34-26(10-12-39(52)53)21(3)29(43-34)13-32(24)42-30/h6,9,11,13-14,16,33,40,42-43,46-48H,1,7-8,10,12,15,17-19H2,2-5H3,(H,52,53)/b30-14?,32-13-,38-16-/t33?,40-,41+/m0/s1. The number of aliphatic hydroxyl groups is 3. The number of carbonyl (C=O) groups excluding carboxylic acids is 3. The number of aliphatic carboxylic acids is 1. The first kappa shape index (κ1) is 37.5. The molecule has 1 unspecified atom stereocenters. The van der Waals surface area contributed by atoms with Gasteiger partial charge in [-0.25, -0.2) is 0 Å². The summed E-state index contributed by atoms with van der Waals surface area (Å²) in [6.07, 6.45) is 11.7. The summed E-state index contributed by atoms with van der Waals surface area (Å²) in [6.45, 7) is 9.45. The van der Waals surface area contributed by atoms with Crippen molar-refractivity contribution in [2.75, 3.05) is 19.8 Å². The average Bonchev–Trinajstić information content (AvgIpc) is 3.79. The number of ketones is 3. The Balaban J connectivity index is 1.67. The lowest BCUT2D eigenvalue weighted by atomic mass is 9.62. The Kier molecular flexibility index (Phi) is 10.3. The predicted octanol–water partition coefficient (Wildman–Crippen LogP) is 2.22. The summed E-state index contributed by atoms with van der Waals surface area (Å²) in [4.78, 5) is 68.1. The number of aliphatic imine (C=N–C) groups is 2. The van der Waals surface area contributed by atoms with Gasteiger partial charge in [0.25, 0.3) is 0 Å². The van der Waals surface area contributed by atoms with Crippen LogP contribution in [-0.2, 0) is 32.0 Å². The summed E-state index contributed by atoms with van der Waals surface area (Å²) in [5.41, 5.74) is 7.79. The number of carboxylic acids is 1. The molecule has 6 N–H and O–H groups in total. The number of aromatic amines is 2. The van der Waals surface area contributed by atoms with Crippen molar-refractivity contribution in [3.8, 4) is 0 Å². The number of nitrogens with one attached hydrogen (secondary N) is 2. The molecule has 2 aromatic rings. The summed E-state index contributed by atoms with van der Waals surface area (Å²) in [5.74, 6) is -3.63. The maximum absolute atomic E-state index is 13.6. The average molecular weight is 721 g/mol. The molecule has 0 spiro atoms. The van der Waals surface area contributed by atoms with Crippen LogP contribution in [-0.4, -0.2) is 91.0 Å². The number of fused-ring (bicyclic) bond motifs is 9. The molecule has 3 aliphatic heterocycles. The van der Waals surface area contributed by atoms with E-state index in [0.717, 1.165) is 55.5 Å². The van der Waals surface area contributed by atoms with Gasteiger partial charge in [0.1, 0.15) is 19.8 Å². The molecule has 5 heterocycles. The van der Waals surface area contributed by atoms with Gasteiger partial charge >= 0.3 is 5.97 Å². The second kappa shape index (κ2) is 14.6. The molecular formula is C41H44N4O8. The van der Waals surface area contributed by atoms with Crippen molar-refractivity contribution in [3.05, 3.63) is 97.1 Å². The predicted molar refractivity (Wildman–Crippen MR) is 201 cm³/mol. The van der Waals surface area contributed by atoms with E-state index in [9.17, 15) is 39.6 Å². The number of hydrogen-bond donors (Lipinski definition) is 6. The largest absolute Gasteiger partial charge is 0.481 e. The summed E-state index contributed by atoms with van der Waals surface area (Å²) >= 11 is 0. The van der Waals surface area contributed by atoms with E-state index in [4.69, 9.17) is 9.98 Å². The second-order valence-electron chi connectivity index (χ2n) is 14.1. The third-order valence-corrected chi connectivity index (χ3v) is 11.2. The maximum atomic E-state index is 13.6. The van der Waals surface area contributed by atoms with Crippen LogP contribution in [0.5, 0.6) is 0 Å². The molecule has 0 amide bonds. The van der Waals surface area contributed by atoms with Crippen LogP contribution in [0.1, 0.15) is 66.8 Å². The number of nitrogens with zero attached hydrogens (tertiary/aromatic N) is 2. The third-order valence-electron chi connectivity index (χ3n) is 11.2. The normalized spacial score (nSPS) is 23.4. The van der Waals surface area contributed by atoms with E-state index in [2.05, 4.69) is 16.5 Å². The van der Waals surface area contributed by atoms with E-state index in [0.29, 0.717) is 42.0 Å². The maximum Gasteiger partial charge on any atom is 0.303 e. The number of Topliss-reactive ketones (excluding diaryl/α,β-unsaturated/α-hetero) is 3. The first-order valence-corrected chi connectivity index (χ1v) is 17.6. The lowest BCUT2D eigenvalue weighted by Crippen LogP contribution is -2.42. The van der Waals surface area contributed by atoms with Crippen molar-refractivity contribution in [1.82, 2.24) is 9.97 Å². The molecule has 1 aliphatic carbocycles. The highest BCUT2D eigenvalue weighted by atomic mass is 16.4. The van der Waals surface area contributed by atoms with Crippen molar-refractivity contribution in [1.29, 1.82) is 0 Å². The minimum Gasteiger partial charge on any atom is -0.481 e. The van der Waals surface area contributed by atoms with Crippen molar-refractivity contribution in [2.24, 2.45) is 21.3 Å². The molecule has 8 bridgehead atoms. The number of aromatic nitrogens is 2. The zero-order valence-electron chi connectivity index (χ0n) is 30.3. The third kappa shape index (κ3) is 6.51. The van der Waals surface area contributed by atoms with Crippen LogP contribution in [0.25, 0.3) is 18.2 Å². The summed E-state index contributed by atoms with van der Waals surface area (Å²) < 4.78 is 0. The van der Waals surface area contributed by atoms with Gasteiger partial charge < -0.3 is 30.4 Å². The van der Waals surface area contributed by atoms with Gasteiger partial charge in [0, 0.05) is 52.5 Å². The first-order valence-electron chi connectivity index (χ1n) is 17.6. The number of carboxylic acid groups (broad SMARTS) is 1. The van der Waals surface area contributed by atoms with Gasteiger partial charge in [-0.05, 0) is 92.2 Å². The highest BCUT2D eigenvalue weighted by molar-refractivity contribution is 6.25. The SMILES string of the molecule is C=Cc1c(C)c2[nH]/c1=C\c1[nH]c(c(CCC(=O)O)c1C)CC1N=C(/C=C3\N=C(C=2)C2=CC=C(C(=O)CO)[C@@H](C(=O)CO)[C@]23C)C(C)=C1CCC(=O)CO. The Hall–Kier alpha value is -5.30. The van der Waals surface area contributed by atoms with Crippen molar-refractivity contribution in [3.63, 3.8) is 0 Å². The fourth-order valence-electron chi connectivity index (χ4n) is 8.24. The zero-order chi connectivity index (χ0) is 38.4. The summed E-state index contributed by atoms with van der Waals surface area (Å²) in [6, 6.07) is -0.453. The van der Waals surface area contributed by atoms with Gasteiger partial charge in [-0.2, -0.15) is 0 Å². The van der Waals surface area contributed by atoms with Gasteiger partial charge in [0.05, 0.1) is 34.5 Å². The molecule has 0 fully saturated rings. The molecule has 3 atom stereocenters. The van der Waals surface area contributed by atoms with Crippen LogP contribution in [0.3, 0.4) is 0 Å². The van der Waals surface area contributed by atoms with Crippen molar-refractivity contribution >= 4 is 53.0 Å². The summed E-state index contributed by atoms with van der Waals surface area (Å²) in [5, 5.41) is 40.7. The van der Waals surface area contributed by atoms with Crippen LogP contribution >= 0.6 is 0 Å². The number of carbonyl (C=O) groups is 4.